The minimum atomic E-state index is 0.785. The zero-order valence-corrected chi connectivity index (χ0v) is 12.2. The minimum Gasteiger partial charge on any atom is -0.398 e. The molecule has 0 spiro atoms. The summed E-state index contributed by atoms with van der Waals surface area (Å²) in [6.45, 7) is 1.77. The Kier molecular flexibility index (Phi) is 3.84. The van der Waals surface area contributed by atoms with E-state index in [1.54, 1.807) is 0 Å². The van der Waals surface area contributed by atoms with Crippen LogP contribution in [-0.4, -0.2) is 16.9 Å². The Morgan fingerprint density at radius 3 is 2.57 bits per heavy atom. The lowest BCUT2D eigenvalue weighted by Gasteiger charge is -2.18. The summed E-state index contributed by atoms with van der Waals surface area (Å²) < 4.78 is 0. The quantitative estimate of drug-likeness (QED) is 0.743. The summed E-state index contributed by atoms with van der Waals surface area (Å²) in [7, 11) is 2.12. The lowest BCUT2D eigenvalue weighted by molar-refractivity contribution is 0.320. The maximum atomic E-state index is 6.03. The van der Waals surface area contributed by atoms with Crippen molar-refractivity contribution in [3.8, 4) is 0 Å². The van der Waals surface area contributed by atoms with Crippen molar-refractivity contribution in [3.05, 3.63) is 71.9 Å². The normalized spacial score (nSPS) is 11.1. The van der Waals surface area contributed by atoms with E-state index in [4.69, 9.17) is 5.73 Å². The van der Waals surface area contributed by atoms with Crippen molar-refractivity contribution in [2.75, 3.05) is 12.8 Å². The van der Waals surface area contributed by atoms with E-state index in [1.165, 1.54) is 11.1 Å². The van der Waals surface area contributed by atoms with E-state index in [-0.39, 0.29) is 0 Å². The average molecular weight is 277 g/mol. The molecule has 0 aliphatic heterocycles. The molecule has 3 rings (SSSR count). The highest BCUT2D eigenvalue weighted by molar-refractivity contribution is 5.92. The summed E-state index contributed by atoms with van der Waals surface area (Å²) in [6, 6.07) is 18.5. The molecule has 21 heavy (non-hydrogen) atoms. The lowest BCUT2D eigenvalue weighted by atomic mass is 10.1. The van der Waals surface area contributed by atoms with Crippen molar-refractivity contribution in [1.29, 1.82) is 0 Å². The van der Waals surface area contributed by atoms with Crippen LogP contribution in [0, 0.1) is 0 Å². The Labute approximate surface area is 125 Å². The summed E-state index contributed by atoms with van der Waals surface area (Å²) in [5.74, 6) is 0. The van der Waals surface area contributed by atoms with Gasteiger partial charge in [0.2, 0.25) is 0 Å². The molecule has 0 amide bonds. The van der Waals surface area contributed by atoms with E-state index >= 15 is 0 Å². The molecule has 0 radical (unpaired) electrons. The number of aromatic nitrogens is 1. The zero-order valence-electron chi connectivity index (χ0n) is 12.2. The monoisotopic (exact) mass is 277 g/mol. The van der Waals surface area contributed by atoms with Crippen LogP contribution in [0.25, 0.3) is 10.9 Å². The number of benzene rings is 2. The van der Waals surface area contributed by atoms with Crippen LogP contribution in [-0.2, 0) is 13.1 Å². The summed E-state index contributed by atoms with van der Waals surface area (Å²) in [5.41, 5.74) is 10.3. The van der Waals surface area contributed by atoms with Gasteiger partial charge in [-0.25, -0.2) is 0 Å². The first kappa shape index (κ1) is 13.6. The van der Waals surface area contributed by atoms with Gasteiger partial charge in [-0.1, -0.05) is 36.4 Å². The van der Waals surface area contributed by atoms with Crippen LogP contribution in [0.2, 0.25) is 0 Å². The average Bonchev–Trinajstić information content (AvgIpc) is 2.51. The van der Waals surface area contributed by atoms with Crippen LogP contribution in [0.3, 0.4) is 0 Å². The standard InChI is InChI=1S/C18H19N3/c1-21(12-14-6-3-2-4-7-14)13-15-9-10-17(19)16-8-5-11-20-18(15)16/h2-11H,12-13,19H2,1H3. The number of fused-ring (bicyclic) bond motifs is 1. The number of anilines is 1. The SMILES string of the molecule is CN(Cc1ccccc1)Cc1ccc(N)c2cccnc12. The summed E-state index contributed by atoms with van der Waals surface area (Å²) in [6.07, 6.45) is 1.82. The van der Waals surface area contributed by atoms with Crippen molar-refractivity contribution < 1.29 is 0 Å². The second-order valence-corrected chi connectivity index (χ2v) is 5.37. The highest BCUT2D eigenvalue weighted by atomic mass is 15.1. The van der Waals surface area contributed by atoms with E-state index in [2.05, 4.69) is 47.3 Å². The number of nitrogens with zero attached hydrogens (tertiary/aromatic N) is 2. The predicted molar refractivity (Wildman–Crippen MR) is 87.8 cm³/mol. The van der Waals surface area contributed by atoms with E-state index in [9.17, 15) is 0 Å². The fraction of sp³-hybridized carbons (Fsp3) is 0.167. The molecule has 0 aliphatic rings. The molecule has 1 aromatic heterocycles. The van der Waals surface area contributed by atoms with Crippen molar-refractivity contribution in [3.63, 3.8) is 0 Å². The molecule has 3 aromatic rings. The first-order valence-electron chi connectivity index (χ1n) is 7.08. The number of nitrogen functional groups attached to an aromatic ring is 1. The molecular weight excluding hydrogens is 258 g/mol. The first-order valence-corrected chi connectivity index (χ1v) is 7.08. The zero-order chi connectivity index (χ0) is 14.7. The van der Waals surface area contributed by atoms with Gasteiger partial charge in [0.15, 0.2) is 0 Å². The van der Waals surface area contributed by atoms with Crippen LogP contribution in [0.15, 0.2) is 60.8 Å². The maximum Gasteiger partial charge on any atom is 0.0767 e. The molecule has 0 saturated heterocycles. The van der Waals surface area contributed by atoms with Gasteiger partial charge in [0.25, 0.3) is 0 Å². The third-order valence-corrected chi connectivity index (χ3v) is 3.62. The Morgan fingerprint density at radius 1 is 0.952 bits per heavy atom. The molecule has 3 nitrogen and oxygen atoms in total. The van der Waals surface area contributed by atoms with Gasteiger partial charge in [0.1, 0.15) is 0 Å². The van der Waals surface area contributed by atoms with Gasteiger partial charge in [-0.05, 0) is 36.4 Å². The smallest absolute Gasteiger partial charge is 0.0767 e. The van der Waals surface area contributed by atoms with Gasteiger partial charge in [-0.15, -0.1) is 0 Å². The molecule has 0 atom stereocenters. The van der Waals surface area contributed by atoms with Gasteiger partial charge in [-0.2, -0.15) is 0 Å². The van der Waals surface area contributed by atoms with Gasteiger partial charge >= 0.3 is 0 Å². The number of nitrogens with two attached hydrogens (primary N) is 1. The molecule has 0 fully saturated rings. The molecule has 0 unspecified atom stereocenters. The molecular formula is C18H19N3. The first-order chi connectivity index (χ1) is 10.2. The number of hydrogen-bond acceptors (Lipinski definition) is 3. The van der Waals surface area contributed by atoms with Gasteiger partial charge < -0.3 is 5.73 Å². The third kappa shape index (κ3) is 3.03. The molecule has 0 bridgehead atoms. The molecule has 0 saturated carbocycles. The van der Waals surface area contributed by atoms with Crippen LogP contribution in [0.5, 0.6) is 0 Å². The van der Waals surface area contributed by atoms with Crippen molar-refractivity contribution in [2.24, 2.45) is 0 Å². The largest absolute Gasteiger partial charge is 0.398 e. The van der Waals surface area contributed by atoms with E-state index in [0.717, 1.165) is 29.7 Å². The molecule has 0 aliphatic carbocycles. The Bertz CT molecular complexity index is 738. The highest BCUT2D eigenvalue weighted by Gasteiger charge is 2.08. The molecule has 3 heteroatoms. The van der Waals surface area contributed by atoms with Gasteiger partial charge in [0.05, 0.1) is 5.52 Å². The molecule has 106 valence electrons. The van der Waals surface area contributed by atoms with Crippen molar-refractivity contribution >= 4 is 16.6 Å². The number of rotatable bonds is 4. The number of hydrogen-bond donors (Lipinski definition) is 1. The molecule has 1 heterocycles. The second-order valence-electron chi connectivity index (χ2n) is 5.37. The van der Waals surface area contributed by atoms with Gasteiger partial charge in [-0.3, -0.25) is 9.88 Å². The third-order valence-electron chi connectivity index (χ3n) is 3.62. The minimum absolute atomic E-state index is 0.785. The van der Waals surface area contributed by atoms with Crippen LogP contribution < -0.4 is 5.73 Å². The van der Waals surface area contributed by atoms with Crippen molar-refractivity contribution in [1.82, 2.24) is 9.88 Å². The van der Waals surface area contributed by atoms with Crippen LogP contribution >= 0.6 is 0 Å². The predicted octanol–water partition coefficient (Wildman–Crippen LogP) is 3.45. The highest BCUT2D eigenvalue weighted by Crippen LogP contribution is 2.23. The Hall–Kier alpha value is -2.39. The van der Waals surface area contributed by atoms with E-state index < -0.39 is 0 Å². The maximum absolute atomic E-state index is 6.03. The Morgan fingerprint density at radius 2 is 1.76 bits per heavy atom. The second kappa shape index (κ2) is 5.94. The fourth-order valence-corrected chi connectivity index (χ4v) is 2.62. The van der Waals surface area contributed by atoms with Crippen LogP contribution in [0.1, 0.15) is 11.1 Å². The van der Waals surface area contributed by atoms with E-state index in [0.29, 0.717) is 0 Å². The van der Waals surface area contributed by atoms with Gasteiger partial charge in [0, 0.05) is 30.4 Å². The van der Waals surface area contributed by atoms with E-state index in [1.807, 2.05) is 30.5 Å². The summed E-state index contributed by atoms with van der Waals surface area (Å²) >= 11 is 0. The topological polar surface area (TPSA) is 42.1 Å². The summed E-state index contributed by atoms with van der Waals surface area (Å²) in [4.78, 5) is 6.78. The summed E-state index contributed by atoms with van der Waals surface area (Å²) in [5, 5.41) is 1.03. The molecule has 2 N–H and O–H groups in total. The molecule has 2 aromatic carbocycles. The fourth-order valence-electron chi connectivity index (χ4n) is 2.62. The van der Waals surface area contributed by atoms with Crippen molar-refractivity contribution in [2.45, 2.75) is 13.1 Å². The number of pyridine rings is 1. The Balaban J connectivity index is 1.83. The lowest BCUT2D eigenvalue weighted by Crippen LogP contribution is -2.17. The van der Waals surface area contributed by atoms with Crippen LogP contribution in [0.4, 0.5) is 5.69 Å².